The minimum Gasteiger partial charge on any atom is -0.490 e. The van der Waals surface area contributed by atoms with Gasteiger partial charge < -0.3 is 24.0 Å². The van der Waals surface area contributed by atoms with Gasteiger partial charge in [0.2, 0.25) is 0 Å². The molecule has 3 aliphatic rings. The normalized spacial score (nSPS) is 17.0. The van der Waals surface area contributed by atoms with Gasteiger partial charge >= 0.3 is 12.1 Å². The SMILES string of the molecule is CCN(C(=O)c1cc(F)ccc1Oc1nncc(N2CC3(CC(Oc4ccnc5c4CN(C(=O)OC(C)(C)C)C5)C3)C2)n1)C(C)C. The smallest absolute Gasteiger partial charge is 0.410 e. The molecule has 13 heteroatoms. The lowest BCUT2D eigenvalue weighted by molar-refractivity contribution is -0.0349. The average molecular weight is 634 g/mol. The minimum absolute atomic E-state index is 0.0199. The Hall–Kier alpha value is -4.55. The quantitative estimate of drug-likeness (QED) is 0.320. The molecule has 0 bridgehead atoms. The Morgan fingerprint density at radius 1 is 1.13 bits per heavy atom. The van der Waals surface area contributed by atoms with Gasteiger partial charge in [-0.25, -0.2) is 9.18 Å². The summed E-state index contributed by atoms with van der Waals surface area (Å²) in [7, 11) is 0. The first kappa shape index (κ1) is 31.4. The molecule has 0 N–H and O–H groups in total. The molecule has 4 heterocycles. The van der Waals surface area contributed by atoms with Gasteiger partial charge in [-0.3, -0.25) is 14.7 Å². The van der Waals surface area contributed by atoms with Crippen LogP contribution >= 0.6 is 0 Å². The number of rotatable bonds is 8. The average Bonchev–Trinajstić information content (AvgIpc) is 3.40. The highest BCUT2D eigenvalue weighted by Gasteiger charge is 2.54. The Morgan fingerprint density at radius 3 is 2.59 bits per heavy atom. The Labute approximate surface area is 267 Å². The number of nitrogens with zero attached hydrogens (tertiary/aromatic N) is 7. The molecular weight excluding hydrogens is 593 g/mol. The van der Waals surface area contributed by atoms with Gasteiger partial charge in [-0.15, -0.1) is 0 Å². The standard InChI is InChI=1S/C33H40FN7O5/c1-7-41(20(2)3)29(42)23-12-21(34)8-9-26(23)45-30-37-28(15-36-38-30)40-18-33(19-40)13-22(14-33)44-27-10-11-35-25-17-39(16-24(25)27)31(43)46-32(4,5)6/h8-12,15,20,22H,7,13-14,16-19H2,1-6H3. The van der Waals surface area contributed by atoms with Crippen LogP contribution in [-0.4, -0.2) is 79.3 Å². The maximum atomic E-state index is 14.1. The third-order valence-electron chi connectivity index (χ3n) is 8.56. The van der Waals surface area contributed by atoms with Crippen molar-refractivity contribution in [2.45, 2.75) is 85.2 Å². The highest BCUT2D eigenvalue weighted by atomic mass is 19.1. The Kier molecular flexibility index (Phi) is 8.20. The van der Waals surface area contributed by atoms with Crippen molar-refractivity contribution in [2.24, 2.45) is 5.41 Å². The summed E-state index contributed by atoms with van der Waals surface area (Å²) in [4.78, 5) is 40.2. The highest BCUT2D eigenvalue weighted by Crippen LogP contribution is 2.51. The Morgan fingerprint density at radius 2 is 1.89 bits per heavy atom. The lowest BCUT2D eigenvalue weighted by Crippen LogP contribution is -2.65. The lowest BCUT2D eigenvalue weighted by Gasteiger charge is -2.58. The van der Waals surface area contributed by atoms with E-state index in [0.29, 0.717) is 25.5 Å². The number of halogens is 1. The van der Waals surface area contributed by atoms with Crippen molar-refractivity contribution in [3.05, 3.63) is 59.3 Å². The molecular formula is C33H40FN7O5. The van der Waals surface area contributed by atoms with Gasteiger partial charge in [0, 0.05) is 42.9 Å². The molecule has 1 spiro atoms. The van der Waals surface area contributed by atoms with E-state index in [2.05, 4.69) is 25.1 Å². The molecule has 1 saturated carbocycles. The molecule has 46 heavy (non-hydrogen) atoms. The van der Waals surface area contributed by atoms with Crippen LogP contribution in [0, 0.1) is 11.2 Å². The van der Waals surface area contributed by atoms with Gasteiger partial charge in [0.05, 0.1) is 30.5 Å². The number of carbonyl (C=O) groups excluding carboxylic acids is 2. The van der Waals surface area contributed by atoms with E-state index in [9.17, 15) is 14.0 Å². The van der Waals surface area contributed by atoms with Crippen molar-refractivity contribution < 1.29 is 28.2 Å². The van der Waals surface area contributed by atoms with Crippen molar-refractivity contribution >= 4 is 17.8 Å². The fraction of sp³-hybridized carbons (Fsp3) is 0.515. The molecule has 2 amide bonds. The Bertz CT molecular complexity index is 1630. The molecule has 0 unspecified atom stereocenters. The van der Waals surface area contributed by atoms with Gasteiger partial charge in [0.25, 0.3) is 5.91 Å². The van der Waals surface area contributed by atoms with Crippen molar-refractivity contribution in [3.63, 3.8) is 0 Å². The van der Waals surface area contributed by atoms with E-state index < -0.39 is 11.4 Å². The van der Waals surface area contributed by atoms with Crippen LogP contribution in [0.5, 0.6) is 17.5 Å². The van der Waals surface area contributed by atoms with Crippen LogP contribution in [0.25, 0.3) is 0 Å². The van der Waals surface area contributed by atoms with Crippen molar-refractivity contribution in [1.82, 2.24) is 30.0 Å². The van der Waals surface area contributed by atoms with E-state index in [1.807, 2.05) is 47.6 Å². The van der Waals surface area contributed by atoms with Gasteiger partial charge in [-0.2, -0.15) is 10.1 Å². The number of fused-ring (bicyclic) bond motifs is 1. The van der Waals surface area contributed by atoms with Crippen LogP contribution in [0.2, 0.25) is 0 Å². The molecule has 2 aliphatic heterocycles. The first-order chi connectivity index (χ1) is 21.8. The molecule has 0 radical (unpaired) electrons. The Balaban J connectivity index is 1.05. The van der Waals surface area contributed by atoms with E-state index >= 15 is 0 Å². The molecule has 244 valence electrons. The molecule has 6 rings (SSSR count). The number of ether oxygens (including phenoxy) is 3. The second kappa shape index (κ2) is 12.0. The van der Waals surface area contributed by atoms with Crippen molar-refractivity contribution in [2.75, 3.05) is 24.5 Å². The van der Waals surface area contributed by atoms with Crippen LogP contribution < -0.4 is 14.4 Å². The number of aromatic nitrogens is 4. The summed E-state index contributed by atoms with van der Waals surface area (Å²) in [6, 6.07) is 5.60. The summed E-state index contributed by atoms with van der Waals surface area (Å²) < 4.78 is 32.0. The summed E-state index contributed by atoms with van der Waals surface area (Å²) in [5.74, 6) is 0.678. The second-order valence-electron chi connectivity index (χ2n) is 13.6. The van der Waals surface area contributed by atoms with Crippen LogP contribution in [0.4, 0.5) is 15.0 Å². The summed E-state index contributed by atoms with van der Waals surface area (Å²) in [5, 5.41) is 8.08. The van der Waals surface area contributed by atoms with Crippen LogP contribution in [0.1, 0.15) is 76.0 Å². The zero-order valence-electron chi connectivity index (χ0n) is 27.1. The zero-order chi connectivity index (χ0) is 32.8. The van der Waals surface area contributed by atoms with E-state index in [1.165, 1.54) is 18.2 Å². The number of pyridine rings is 1. The van der Waals surface area contributed by atoms with E-state index in [-0.39, 0.29) is 46.9 Å². The number of amides is 2. The van der Waals surface area contributed by atoms with E-state index in [0.717, 1.165) is 42.9 Å². The van der Waals surface area contributed by atoms with E-state index in [1.54, 1.807) is 22.2 Å². The zero-order valence-corrected chi connectivity index (χ0v) is 27.1. The molecule has 2 fully saturated rings. The maximum Gasteiger partial charge on any atom is 0.410 e. The van der Waals surface area contributed by atoms with Gasteiger partial charge in [-0.05, 0) is 78.6 Å². The molecule has 3 aromatic rings. The predicted molar refractivity (Wildman–Crippen MR) is 166 cm³/mol. The maximum absolute atomic E-state index is 14.1. The molecule has 12 nitrogen and oxygen atoms in total. The predicted octanol–water partition coefficient (Wildman–Crippen LogP) is 5.37. The lowest BCUT2D eigenvalue weighted by atomic mass is 9.62. The van der Waals surface area contributed by atoms with Gasteiger partial charge in [0.15, 0.2) is 5.82 Å². The second-order valence-corrected chi connectivity index (χ2v) is 13.6. The van der Waals surface area contributed by atoms with Gasteiger partial charge in [-0.1, -0.05) is 5.10 Å². The fourth-order valence-corrected chi connectivity index (χ4v) is 6.40. The van der Waals surface area contributed by atoms with Crippen LogP contribution in [-0.2, 0) is 17.8 Å². The number of hydrogen-bond acceptors (Lipinski definition) is 10. The summed E-state index contributed by atoms with van der Waals surface area (Å²) in [6.07, 6.45) is 4.80. The number of carbonyl (C=O) groups is 2. The van der Waals surface area contributed by atoms with Gasteiger partial charge in [0.1, 0.15) is 29.0 Å². The van der Waals surface area contributed by atoms with Crippen molar-refractivity contribution in [3.8, 4) is 17.5 Å². The fourth-order valence-electron chi connectivity index (χ4n) is 6.40. The molecule has 0 atom stereocenters. The molecule has 1 aromatic carbocycles. The third kappa shape index (κ3) is 6.40. The minimum atomic E-state index is -0.567. The van der Waals surface area contributed by atoms with Crippen molar-refractivity contribution in [1.29, 1.82) is 0 Å². The summed E-state index contributed by atoms with van der Waals surface area (Å²) in [5.41, 5.74) is 1.42. The number of hydrogen-bond donors (Lipinski definition) is 0. The molecule has 2 aromatic heterocycles. The van der Waals surface area contributed by atoms with Crippen LogP contribution in [0.15, 0.2) is 36.7 Å². The molecule has 1 saturated heterocycles. The monoisotopic (exact) mass is 633 g/mol. The first-order valence-electron chi connectivity index (χ1n) is 15.7. The number of anilines is 1. The van der Waals surface area contributed by atoms with Crippen LogP contribution in [0.3, 0.4) is 0 Å². The van der Waals surface area contributed by atoms with E-state index in [4.69, 9.17) is 14.2 Å². The largest absolute Gasteiger partial charge is 0.490 e. The third-order valence-corrected chi connectivity index (χ3v) is 8.56. The topological polar surface area (TPSA) is 123 Å². The summed E-state index contributed by atoms with van der Waals surface area (Å²) >= 11 is 0. The highest BCUT2D eigenvalue weighted by molar-refractivity contribution is 5.97. The summed E-state index contributed by atoms with van der Waals surface area (Å²) in [6.45, 7) is 14.1. The number of benzene rings is 1. The first-order valence-corrected chi connectivity index (χ1v) is 15.7. The molecule has 1 aliphatic carbocycles.